The molecule has 2 aromatic carbocycles. The molecule has 0 radical (unpaired) electrons. The number of hydrogen-bond donors (Lipinski definition) is 1. The van der Waals surface area contributed by atoms with Crippen molar-refractivity contribution in [1.29, 1.82) is 0 Å². The van der Waals surface area contributed by atoms with Crippen molar-refractivity contribution in [2.45, 2.75) is 25.6 Å². The van der Waals surface area contributed by atoms with Crippen LogP contribution in [0.5, 0.6) is 0 Å². The third-order valence-electron chi connectivity index (χ3n) is 6.06. The highest BCUT2D eigenvalue weighted by Gasteiger charge is 2.30. The van der Waals surface area contributed by atoms with E-state index in [2.05, 4.69) is 20.1 Å². The minimum atomic E-state index is -0.312. The summed E-state index contributed by atoms with van der Waals surface area (Å²) < 4.78 is 10.9. The van der Waals surface area contributed by atoms with Gasteiger partial charge in [0.15, 0.2) is 5.96 Å². The van der Waals surface area contributed by atoms with Crippen LogP contribution in [0.15, 0.2) is 59.6 Å². The van der Waals surface area contributed by atoms with Crippen molar-refractivity contribution >= 4 is 11.9 Å². The maximum absolute atomic E-state index is 12.5. The number of carbonyl (C=O) groups excluding carboxylic acids is 1. The Kier molecular flexibility index (Phi) is 7.74. The molecule has 32 heavy (non-hydrogen) atoms. The number of aliphatic imine (C=N–C) groups is 1. The molecule has 0 saturated carbocycles. The zero-order valence-electron chi connectivity index (χ0n) is 18.7. The number of nitrogens with zero attached hydrogens (tertiary/aromatic N) is 3. The molecule has 1 atom stereocenters. The predicted octanol–water partition coefficient (Wildman–Crippen LogP) is 2.53. The van der Waals surface area contributed by atoms with Gasteiger partial charge in [0.25, 0.3) is 0 Å². The maximum Gasteiger partial charge on any atom is 0.338 e. The third kappa shape index (κ3) is 5.87. The molecule has 2 aromatic rings. The Bertz CT molecular complexity index is 912. The second-order valence-electron chi connectivity index (χ2n) is 8.20. The first-order valence-electron chi connectivity index (χ1n) is 11.3. The van der Waals surface area contributed by atoms with Crippen molar-refractivity contribution in [2.75, 3.05) is 46.4 Å². The normalized spacial score (nSPS) is 19.7. The molecule has 1 unspecified atom stereocenters. The Hall–Kier alpha value is -2.90. The van der Waals surface area contributed by atoms with Gasteiger partial charge in [-0.1, -0.05) is 42.5 Å². The molecule has 2 saturated heterocycles. The summed E-state index contributed by atoms with van der Waals surface area (Å²) in [5.41, 5.74) is 2.55. The number of carbonyl (C=O) groups is 1. The second-order valence-corrected chi connectivity index (χ2v) is 8.20. The summed E-state index contributed by atoms with van der Waals surface area (Å²) in [6, 6.07) is 17.8. The highest BCUT2D eigenvalue weighted by Crippen LogP contribution is 2.17. The number of morpholine rings is 1. The van der Waals surface area contributed by atoms with Crippen molar-refractivity contribution in [3.63, 3.8) is 0 Å². The van der Waals surface area contributed by atoms with E-state index in [0.29, 0.717) is 18.2 Å². The molecule has 7 heteroatoms. The van der Waals surface area contributed by atoms with Crippen LogP contribution in [-0.4, -0.2) is 74.2 Å². The number of hydrogen-bond acceptors (Lipinski definition) is 5. The van der Waals surface area contributed by atoms with Crippen LogP contribution in [0.25, 0.3) is 0 Å². The van der Waals surface area contributed by atoms with Crippen LogP contribution in [0, 0.1) is 0 Å². The Morgan fingerprint density at radius 2 is 1.88 bits per heavy atom. The molecule has 0 aliphatic carbocycles. The summed E-state index contributed by atoms with van der Waals surface area (Å²) in [4.78, 5) is 21.8. The number of rotatable bonds is 6. The smallest absolute Gasteiger partial charge is 0.338 e. The number of likely N-dealkylation sites (tertiary alicyclic amines) is 1. The van der Waals surface area contributed by atoms with E-state index in [-0.39, 0.29) is 12.6 Å². The molecule has 2 aliphatic heterocycles. The van der Waals surface area contributed by atoms with Crippen molar-refractivity contribution < 1.29 is 14.3 Å². The molecule has 2 fully saturated rings. The maximum atomic E-state index is 12.5. The van der Waals surface area contributed by atoms with Crippen LogP contribution < -0.4 is 5.32 Å². The summed E-state index contributed by atoms with van der Waals surface area (Å²) in [5.74, 6) is 0.589. The molecule has 0 amide bonds. The van der Waals surface area contributed by atoms with Crippen molar-refractivity contribution in [2.24, 2.45) is 4.99 Å². The fourth-order valence-electron chi connectivity index (χ4n) is 4.30. The van der Waals surface area contributed by atoms with Crippen LogP contribution in [0.1, 0.15) is 27.9 Å². The van der Waals surface area contributed by atoms with Gasteiger partial charge in [-0.05, 0) is 29.7 Å². The largest absolute Gasteiger partial charge is 0.457 e. The fourth-order valence-corrected chi connectivity index (χ4v) is 4.30. The fraction of sp³-hybridized carbons (Fsp3) is 0.440. The number of nitrogens with one attached hydrogen (secondary N) is 1. The van der Waals surface area contributed by atoms with Crippen molar-refractivity contribution in [1.82, 2.24) is 15.1 Å². The molecule has 2 aliphatic rings. The summed E-state index contributed by atoms with van der Waals surface area (Å²) >= 11 is 0. The number of esters is 1. The van der Waals surface area contributed by atoms with Crippen LogP contribution >= 0.6 is 0 Å². The minimum Gasteiger partial charge on any atom is -0.457 e. The molecule has 170 valence electrons. The monoisotopic (exact) mass is 436 g/mol. The van der Waals surface area contributed by atoms with E-state index in [1.54, 1.807) is 6.07 Å². The van der Waals surface area contributed by atoms with Gasteiger partial charge in [-0.2, -0.15) is 0 Å². The first kappa shape index (κ1) is 22.3. The molecule has 0 aromatic heterocycles. The summed E-state index contributed by atoms with van der Waals surface area (Å²) in [7, 11) is 1.82. The average molecular weight is 437 g/mol. The Morgan fingerprint density at radius 1 is 1.09 bits per heavy atom. The van der Waals surface area contributed by atoms with E-state index < -0.39 is 0 Å². The summed E-state index contributed by atoms with van der Waals surface area (Å²) in [6.45, 7) is 6.52. The molecular formula is C25H32N4O3. The lowest BCUT2D eigenvalue weighted by atomic mass is 10.1. The highest BCUT2D eigenvalue weighted by molar-refractivity contribution is 5.89. The molecule has 7 nitrogen and oxygen atoms in total. The topological polar surface area (TPSA) is 66.4 Å². The zero-order chi connectivity index (χ0) is 22.2. The average Bonchev–Trinajstić information content (AvgIpc) is 3.34. The first-order valence-corrected chi connectivity index (χ1v) is 11.3. The molecule has 0 bridgehead atoms. The Labute approximate surface area is 190 Å². The van der Waals surface area contributed by atoms with Gasteiger partial charge in [-0.15, -0.1) is 0 Å². The summed E-state index contributed by atoms with van der Waals surface area (Å²) in [6.07, 6.45) is 1.14. The number of guanidine groups is 1. The van der Waals surface area contributed by atoms with Gasteiger partial charge in [-0.25, -0.2) is 4.79 Å². The van der Waals surface area contributed by atoms with Crippen LogP contribution in [0.3, 0.4) is 0 Å². The Balaban J connectivity index is 1.28. The quantitative estimate of drug-likeness (QED) is 0.427. The van der Waals surface area contributed by atoms with E-state index >= 15 is 0 Å². The molecular weight excluding hydrogens is 404 g/mol. The van der Waals surface area contributed by atoms with Crippen LogP contribution in [0.2, 0.25) is 0 Å². The molecule has 4 rings (SSSR count). The van der Waals surface area contributed by atoms with Crippen molar-refractivity contribution in [3.8, 4) is 0 Å². The standard InChI is InChI=1S/C25H32N4O3/c1-26-25(29-11-10-23(18-29)28-12-14-31-15-13-28)27-17-21-8-5-9-22(16-21)24(30)32-19-20-6-3-2-4-7-20/h2-9,16,23H,10-15,17-19H2,1H3,(H,26,27). The highest BCUT2D eigenvalue weighted by atomic mass is 16.5. The van der Waals surface area contributed by atoms with Crippen molar-refractivity contribution in [3.05, 3.63) is 71.3 Å². The van der Waals surface area contributed by atoms with Gasteiger partial charge >= 0.3 is 5.97 Å². The van der Waals surface area contributed by atoms with E-state index in [1.807, 2.05) is 55.6 Å². The van der Waals surface area contributed by atoms with E-state index in [1.165, 1.54) is 0 Å². The molecule has 1 N–H and O–H groups in total. The molecule has 0 spiro atoms. The Morgan fingerprint density at radius 3 is 2.66 bits per heavy atom. The lowest BCUT2D eigenvalue weighted by Crippen LogP contribution is -2.46. The van der Waals surface area contributed by atoms with Gasteiger partial charge in [-0.3, -0.25) is 9.89 Å². The van der Waals surface area contributed by atoms with E-state index in [0.717, 1.165) is 62.9 Å². The first-order chi connectivity index (χ1) is 15.7. The van der Waals surface area contributed by atoms with Gasteiger partial charge in [0.05, 0.1) is 18.8 Å². The van der Waals surface area contributed by atoms with Gasteiger partial charge in [0.2, 0.25) is 0 Å². The number of benzene rings is 2. The summed E-state index contributed by atoms with van der Waals surface area (Å²) in [5, 5.41) is 3.46. The third-order valence-corrected chi connectivity index (χ3v) is 6.06. The minimum absolute atomic E-state index is 0.272. The van der Waals surface area contributed by atoms with Gasteiger partial charge in [0, 0.05) is 45.8 Å². The van der Waals surface area contributed by atoms with E-state index in [9.17, 15) is 4.79 Å². The second kappa shape index (κ2) is 11.1. The van der Waals surface area contributed by atoms with Gasteiger partial charge < -0.3 is 19.7 Å². The lowest BCUT2D eigenvalue weighted by molar-refractivity contribution is 0.0195. The lowest BCUT2D eigenvalue weighted by Gasteiger charge is -2.32. The molecule has 2 heterocycles. The van der Waals surface area contributed by atoms with Gasteiger partial charge in [0.1, 0.15) is 6.61 Å². The SMILES string of the molecule is CN=C(NCc1cccc(C(=O)OCc2ccccc2)c1)N1CCC(N2CCOCC2)C1. The van der Waals surface area contributed by atoms with Crippen LogP contribution in [-0.2, 0) is 22.6 Å². The number of ether oxygens (including phenoxy) is 2. The van der Waals surface area contributed by atoms with E-state index in [4.69, 9.17) is 9.47 Å². The predicted molar refractivity (Wildman–Crippen MR) is 125 cm³/mol. The zero-order valence-corrected chi connectivity index (χ0v) is 18.7. The van der Waals surface area contributed by atoms with Crippen LogP contribution in [0.4, 0.5) is 0 Å².